The minimum absolute atomic E-state index is 0.122. The fourth-order valence-corrected chi connectivity index (χ4v) is 2.28. The van der Waals surface area contributed by atoms with Crippen molar-refractivity contribution >= 4 is 5.91 Å². The Hall–Kier alpha value is -2.27. The third kappa shape index (κ3) is 4.36. The van der Waals surface area contributed by atoms with Crippen LogP contribution in [0.15, 0.2) is 48.5 Å². The van der Waals surface area contributed by atoms with Crippen LogP contribution in [-0.2, 0) is 21.6 Å². The van der Waals surface area contributed by atoms with Crippen LogP contribution in [0.4, 0.5) is 8.78 Å². The molecule has 0 fully saturated rings. The van der Waals surface area contributed by atoms with Crippen molar-refractivity contribution in [1.82, 2.24) is 5.32 Å². The van der Waals surface area contributed by atoms with Crippen molar-refractivity contribution in [2.45, 2.75) is 18.9 Å². The molecule has 0 aliphatic carbocycles. The lowest BCUT2D eigenvalue weighted by Crippen LogP contribution is -2.41. The van der Waals surface area contributed by atoms with E-state index in [-0.39, 0.29) is 30.5 Å². The van der Waals surface area contributed by atoms with Crippen molar-refractivity contribution in [1.29, 1.82) is 0 Å². The van der Waals surface area contributed by atoms with Gasteiger partial charge in [-0.05, 0) is 30.7 Å². The van der Waals surface area contributed by atoms with Crippen LogP contribution in [0.5, 0.6) is 0 Å². The van der Waals surface area contributed by atoms with Gasteiger partial charge in [-0.1, -0.05) is 30.3 Å². The second kappa shape index (κ2) is 7.33. The molecule has 0 saturated carbocycles. The van der Waals surface area contributed by atoms with Gasteiger partial charge in [-0.3, -0.25) is 4.79 Å². The Morgan fingerprint density at radius 1 is 1.13 bits per heavy atom. The molecular formula is C18H19F2NO2. The van der Waals surface area contributed by atoms with Gasteiger partial charge in [0, 0.05) is 12.7 Å². The zero-order chi connectivity index (χ0) is 16.9. The van der Waals surface area contributed by atoms with Crippen LogP contribution in [0.1, 0.15) is 18.1 Å². The van der Waals surface area contributed by atoms with Gasteiger partial charge >= 0.3 is 0 Å². The number of carbonyl (C=O) groups is 1. The highest BCUT2D eigenvalue weighted by atomic mass is 19.1. The maximum absolute atomic E-state index is 14.0. The summed E-state index contributed by atoms with van der Waals surface area (Å²) in [5, 5.41) is 2.74. The van der Waals surface area contributed by atoms with Crippen LogP contribution in [-0.4, -0.2) is 19.6 Å². The molecule has 1 atom stereocenters. The van der Waals surface area contributed by atoms with Crippen LogP contribution in [0.3, 0.4) is 0 Å². The van der Waals surface area contributed by atoms with E-state index in [1.54, 1.807) is 37.3 Å². The third-order valence-corrected chi connectivity index (χ3v) is 3.79. The lowest BCUT2D eigenvalue weighted by Gasteiger charge is -2.29. The van der Waals surface area contributed by atoms with Gasteiger partial charge in [-0.2, -0.15) is 0 Å². The summed E-state index contributed by atoms with van der Waals surface area (Å²) in [6.07, 6.45) is 0.122. The molecule has 2 rings (SSSR count). The third-order valence-electron chi connectivity index (χ3n) is 3.79. The molecule has 0 heterocycles. The van der Waals surface area contributed by atoms with Crippen molar-refractivity contribution in [2.24, 2.45) is 0 Å². The standard InChI is InChI=1S/C18H19F2NO2/c1-18(23-2,15-5-3-4-6-16(15)20)12-21-17(22)11-13-7-9-14(19)10-8-13/h3-10H,11-12H2,1-2H3,(H,21,22)/t18-/m0/s1. The first-order valence-electron chi connectivity index (χ1n) is 7.26. The molecule has 1 amide bonds. The van der Waals surface area contributed by atoms with E-state index in [1.165, 1.54) is 25.3 Å². The summed E-state index contributed by atoms with van der Waals surface area (Å²) in [5.74, 6) is -0.971. The second-order valence-electron chi connectivity index (χ2n) is 5.49. The van der Waals surface area contributed by atoms with Crippen LogP contribution in [0.25, 0.3) is 0 Å². The molecule has 1 N–H and O–H groups in total. The van der Waals surface area contributed by atoms with Gasteiger partial charge in [0.1, 0.15) is 17.2 Å². The Labute approximate surface area is 134 Å². The minimum Gasteiger partial charge on any atom is -0.372 e. The topological polar surface area (TPSA) is 38.3 Å². The average molecular weight is 319 g/mol. The smallest absolute Gasteiger partial charge is 0.224 e. The Morgan fingerprint density at radius 2 is 1.78 bits per heavy atom. The van der Waals surface area contributed by atoms with Crippen LogP contribution in [0.2, 0.25) is 0 Å². The van der Waals surface area contributed by atoms with Gasteiger partial charge < -0.3 is 10.1 Å². The van der Waals surface area contributed by atoms with Gasteiger partial charge in [0.25, 0.3) is 0 Å². The maximum Gasteiger partial charge on any atom is 0.224 e. The zero-order valence-electron chi connectivity index (χ0n) is 13.1. The molecule has 0 unspecified atom stereocenters. The molecule has 23 heavy (non-hydrogen) atoms. The average Bonchev–Trinajstić information content (AvgIpc) is 2.55. The fourth-order valence-electron chi connectivity index (χ4n) is 2.28. The van der Waals surface area contributed by atoms with E-state index in [4.69, 9.17) is 4.74 Å². The number of methoxy groups -OCH3 is 1. The zero-order valence-corrected chi connectivity index (χ0v) is 13.1. The van der Waals surface area contributed by atoms with E-state index in [0.29, 0.717) is 11.1 Å². The lowest BCUT2D eigenvalue weighted by molar-refractivity contribution is -0.122. The molecule has 2 aromatic rings. The van der Waals surface area contributed by atoms with E-state index in [9.17, 15) is 13.6 Å². The summed E-state index contributed by atoms with van der Waals surface area (Å²) in [5.41, 5.74) is 0.113. The van der Waals surface area contributed by atoms with Crippen LogP contribution in [0, 0.1) is 11.6 Å². The summed E-state index contributed by atoms with van der Waals surface area (Å²) >= 11 is 0. The highest BCUT2D eigenvalue weighted by molar-refractivity contribution is 5.78. The number of hydrogen-bond donors (Lipinski definition) is 1. The minimum atomic E-state index is -0.968. The molecule has 2 aromatic carbocycles. The Kier molecular flexibility index (Phi) is 5.45. The molecule has 0 aromatic heterocycles. The van der Waals surface area contributed by atoms with Crippen molar-refractivity contribution in [2.75, 3.05) is 13.7 Å². The number of halogens is 2. The van der Waals surface area contributed by atoms with Crippen molar-refractivity contribution < 1.29 is 18.3 Å². The first-order chi connectivity index (χ1) is 10.9. The molecular weight excluding hydrogens is 300 g/mol. The summed E-state index contributed by atoms with van der Waals surface area (Å²) < 4.78 is 32.2. The van der Waals surface area contributed by atoms with E-state index in [1.807, 2.05) is 0 Å². The van der Waals surface area contributed by atoms with E-state index in [0.717, 1.165) is 0 Å². The number of benzene rings is 2. The SMILES string of the molecule is CO[C@@](C)(CNC(=O)Cc1ccc(F)cc1)c1ccccc1F. The predicted octanol–water partition coefficient (Wildman–Crippen LogP) is 3.19. The van der Waals surface area contributed by atoms with Crippen molar-refractivity contribution in [3.63, 3.8) is 0 Å². The number of nitrogens with one attached hydrogen (secondary N) is 1. The summed E-state index contributed by atoms with van der Waals surface area (Å²) in [4.78, 5) is 12.0. The van der Waals surface area contributed by atoms with Gasteiger partial charge in [-0.15, -0.1) is 0 Å². The Bertz CT molecular complexity index is 673. The number of carbonyl (C=O) groups excluding carboxylic acids is 1. The molecule has 0 radical (unpaired) electrons. The first kappa shape index (κ1) is 17.1. The Balaban J connectivity index is 2.01. The normalized spacial score (nSPS) is 13.4. The maximum atomic E-state index is 14.0. The van der Waals surface area contributed by atoms with Crippen LogP contribution >= 0.6 is 0 Å². The molecule has 3 nitrogen and oxygen atoms in total. The monoisotopic (exact) mass is 319 g/mol. The van der Waals surface area contributed by atoms with E-state index < -0.39 is 5.60 Å². The summed E-state index contributed by atoms with van der Waals surface area (Å²) in [6, 6.07) is 12.0. The van der Waals surface area contributed by atoms with Gasteiger partial charge in [0.05, 0.1) is 13.0 Å². The van der Waals surface area contributed by atoms with E-state index in [2.05, 4.69) is 5.32 Å². The van der Waals surface area contributed by atoms with Gasteiger partial charge in [0.2, 0.25) is 5.91 Å². The summed E-state index contributed by atoms with van der Waals surface area (Å²) in [6.45, 7) is 1.84. The largest absolute Gasteiger partial charge is 0.372 e. The fraction of sp³-hybridized carbons (Fsp3) is 0.278. The first-order valence-corrected chi connectivity index (χ1v) is 7.26. The van der Waals surface area contributed by atoms with Crippen molar-refractivity contribution in [3.8, 4) is 0 Å². The number of ether oxygens (including phenoxy) is 1. The molecule has 0 bridgehead atoms. The lowest BCUT2D eigenvalue weighted by atomic mass is 9.95. The number of rotatable bonds is 6. The molecule has 0 aliphatic rings. The van der Waals surface area contributed by atoms with E-state index >= 15 is 0 Å². The van der Waals surface area contributed by atoms with Gasteiger partial charge in [0.15, 0.2) is 0 Å². The molecule has 5 heteroatoms. The highest BCUT2D eigenvalue weighted by Gasteiger charge is 2.29. The molecule has 0 spiro atoms. The predicted molar refractivity (Wildman–Crippen MR) is 83.9 cm³/mol. The van der Waals surface area contributed by atoms with Crippen LogP contribution < -0.4 is 5.32 Å². The number of hydrogen-bond acceptors (Lipinski definition) is 2. The summed E-state index contributed by atoms with van der Waals surface area (Å²) in [7, 11) is 1.47. The van der Waals surface area contributed by atoms with Gasteiger partial charge in [-0.25, -0.2) is 8.78 Å². The molecule has 0 aliphatic heterocycles. The molecule has 0 saturated heterocycles. The van der Waals surface area contributed by atoms with Crippen molar-refractivity contribution in [3.05, 3.63) is 71.3 Å². The Morgan fingerprint density at radius 3 is 2.39 bits per heavy atom. The second-order valence-corrected chi connectivity index (χ2v) is 5.49. The quantitative estimate of drug-likeness (QED) is 0.888. The highest BCUT2D eigenvalue weighted by Crippen LogP contribution is 2.26. The number of amides is 1. The molecule has 122 valence electrons.